The zero-order valence-electron chi connectivity index (χ0n) is 10.2. The van der Waals surface area contributed by atoms with Crippen LogP contribution in [0.2, 0.25) is 0 Å². The Balaban J connectivity index is 2.01. The van der Waals surface area contributed by atoms with E-state index in [1.807, 2.05) is 0 Å². The lowest BCUT2D eigenvalue weighted by atomic mass is 10.1. The fourth-order valence-corrected chi connectivity index (χ4v) is 2.14. The first-order valence-corrected chi connectivity index (χ1v) is 6.00. The Morgan fingerprint density at radius 2 is 2.28 bits per heavy atom. The van der Waals surface area contributed by atoms with E-state index < -0.39 is 11.6 Å². The number of halogens is 2. The molecule has 98 valence electrons. The molecule has 0 spiro atoms. The zero-order chi connectivity index (χ0) is 13.1. The van der Waals surface area contributed by atoms with Gasteiger partial charge in [-0.2, -0.15) is 0 Å². The fraction of sp³-hybridized carbons (Fsp3) is 0.462. The average Bonchev–Trinajstić information content (AvgIpc) is 2.85. The summed E-state index contributed by atoms with van der Waals surface area (Å²) in [7, 11) is 1.63. The molecule has 3 nitrogen and oxygen atoms in total. The van der Waals surface area contributed by atoms with Crippen LogP contribution in [0.1, 0.15) is 18.4 Å². The van der Waals surface area contributed by atoms with Crippen LogP contribution in [0, 0.1) is 11.6 Å². The van der Waals surface area contributed by atoms with Crippen molar-refractivity contribution in [3.63, 3.8) is 0 Å². The van der Waals surface area contributed by atoms with Crippen LogP contribution in [0.4, 0.5) is 8.78 Å². The van der Waals surface area contributed by atoms with Crippen molar-refractivity contribution in [1.29, 1.82) is 0 Å². The molecule has 18 heavy (non-hydrogen) atoms. The highest BCUT2D eigenvalue weighted by molar-refractivity contribution is 5.81. The predicted octanol–water partition coefficient (Wildman–Crippen LogP) is 1.68. The standard InChI is InChI=1S/C13H16F2N2O/c1-17(13(18)12-3-2-6-16-12)8-9-4-5-10(14)7-11(9)15/h4-5,7,12,16H,2-3,6,8H2,1H3/t12-/m0/s1. The molecule has 0 unspecified atom stereocenters. The van der Waals surface area contributed by atoms with E-state index in [2.05, 4.69) is 5.32 Å². The van der Waals surface area contributed by atoms with Crippen molar-refractivity contribution in [2.24, 2.45) is 0 Å². The number of rotatable bonds is 3. The van der Waals surface area contributed by atoms with E-state index in [4.69, 9.17) is 0 Å². The molecule has 0 saturated carbocycles. The Morgan fingerprint density at radius 3 is 2.89 bits per heavy atom. The average molecular weight is 254 g/mol. The summed E-state index contributed by atoms with van der Waals surface area (Å²) in [6, 6.07) is 3.24. The van der Waals surface area contributed by atoms with Gasteiger partial charge in [0.1, 0.15) is 11.6 Å². The summed E-state index contributed by atoms with van der Waals surface area (Å²) in [5, 5.41) is 3.10. The number of carbonyl (C=O) groups is 1. The largest absolute Gasteiger partial charge is 0.340 e. The maximum atomic E-state index is 13.5. The third kappa shape index (κ3) is 2.85. The monoisotopic (exact) mass is 254 g/mol. The molecule has 1 aliphatic heterocycles. The second-order valence-electron chi connectivity index (χ2n) is 4.58. The molecule has 0 aromatic heterocycles. The van der Waals surface area contributed by atoms with Crippen LogP contribution in [0.25, 0.3) is 0 Å². The summed E-state index contributed by atoms with van der Waals surface area (Å²) < 4.78 is 26.2. The van der Waals surface area contributed by atoms with Gasteiger partial charge in [0.2, 0.25) is 5.91 Å². The maximum absolute atomic E-state index is 13.5. The van der Waals surface area contributed by atoms with Crippen molar-refractivity contribution in [1.82, 2.24) is 10.2 Å². The van der Waals surface area contributed by atoms with Gasteiger partial charge in [0.25, 0.3) is 0 Å². The molecular formula is C13H16F2N2O. The van der Waals surface area contributed by atoms with Crippen LogP contribution in [0.15, 0.2) is 18.2 Å². The van der Waals surface area contributed by atoms with Gasteiger partial charge in [0.05, 0.1) is 6.04 Å². The van der Waals surface area contributed by atoms with E-state index in [1.165, 1.54) is 17.0 Å². The Hall–Kier alpha value is -1.49. The number of hydrogen-bond acceptors (Lipinski definition) is 2. The Bertz CT molecular complexity index is 445. The minimum Gasteiger partial charge on any atom is -0.340 e. The van der Waals surface area contributed by atoms with Gasteiger partial charge in [0.15, 0.2) is 0 Å². The lowest BCUT2D eigenvalue weighted by molar-refractivity contribution is -0.132. The van der Waals surface area contributed by atoms with E-state index in [9.17, 15) is 13.6 Å². The fourth-order valence-electron chi connectivity index (χ4n) is 2.14. The summed E-state index contributed by atoms with van der Waals surface area (Å²) >= 11 is 0. The number of benzene rings is 1. The molecule has 1 aromatic rings. The van der Waals surface area contributed by atoms with Gasteiger partial charge in [-0.1, -0.05) is 6.07 Å². The molecule has 1 amide bonds. The summed E-state index contributed by atoms with van der Waals surface area (Å²) in [6.07, 6.45) is 1.80. The van der Waals surface area contributed by atoms with E-state index in [1.54, 1.807) is 7.05 Å². The third-order valence-electron chi connectivity index (χ3n) is 3.16. The molecule has 1 heterocycles. The molecule has 0 radical (unpaired) electrons. The van der Waals surface area contributed by atoms with Gasteiger partial charge in [-0.05, 0) is 25.5 Å². The Labute approximate surface area is 105 Å². The van der Waals surface area contributed by atoms with E-state index in [0.29, 0.717) is 5.56 Å². The SMILES string of the molecule is CN(Cc1ccc(F)cc1F)C(=O)[C@@H]1CCCN1. The number of hydrogen-bond donors (Lipinski definition) is 1. The lowest BCUT2D eigenvalue weighted by Gasteiger charge is -2.21. The first-order chi connectivity index (χ1) is 8.58. The predicted molar refractivity (Wildman–Crippen MR) is 63.9 cm³/mol. The quantitative estimate of drug-likeness (QED) is 0.890. The molecule has 1 N–H and O–H groups in total. The second-order valence-corrected chi connectivity index (χ2v) is 4.58. The van der Waals surface area contributed by atoms with Crippen LogP contribution in [0.3, 0.4) is 0 Å². The minimum absolute atomic E-state index is 0.0452. The van der Waals surface area contributed by atoms with Gasteiger partial charge in [-0.25, -0.2) is 8.78 Å². The third-order valence-corrected chi connectivity index (χ3v) is 3.16. The van der Waals surface area contributed by atoms with Gasteiger partial charge in [0, 0.05) is 25.2 Å². The topological polar surface area (TPSA) is 32.3 Å². The van der Waals surface area contributed by atoms with Gasteiger partial charge in [-0.15, -0.1) is 0 Å². The van der Waals surface area contributed by atoms with E-state index >= 15 is 0 Å². The van der Waals surface area contributed by atoms with Crippen LogP contribution in [-0.4, -0.2) is 30.4 Å². The first-order valence-electron chi connectivity index (χ1n) is 6.00. The highest BCUT2D eigenvalue weighted by atomic mass is 19.1. The van der Waals surface area contributed by atoms with Crippen LogP contribution in [-0.2, 0) is 11.3 Å². The van der Waals surface area contributed by atoms with Gasteiger partial charge < -0.3 is 10.2 Å². The van der Waals surface area contributed by atoms with Crippen molar-refractivity contribution in [2.45, 2.75) is 25.4 Å². The van der Waals surface area contributed by atoms with Crippen LogP contribution >= 0.6 is 0 Å². The van der Waals surface area contributed by atoms with Crippen LogP contribution < -0.4 is 5.32 Å². The highest BCUT2D eigenvalue weighted by Gasteiger charge is 2.25. The molecule has 0 bridgehead atoms. The van der Waals surface area contributed by atoms with E-state index in [0.717, 1.165) is 25.5 Å². The number of likely N-dealkylation sites (N-methyl/N-ethyl adjacent to an activating group) is 1. The number of amides is 1. The van der Waals surface area contributed by atoms with Crippen LogP contribution in [0.5, 0.6) is 0 Å². The molecule has 5 heteroatoms. The van der Waals surface area contributed by atoms with Crippen molar-refractivity contribution in [2.75, 3.05) is 13.6 Å². The molecule has 0 aliphatic carbocycles. The molecule has 1 aliphatic rings. The summed E-state index contributed by atoms with van der Waals surface area (Å²) in [4.78, 5) is 13.5. The molecule has 1 saturated heterocycles. The Kier molecular flexibility index (Phi) is 3.91. The summed E-state index contributed by atoms with van der Waals surface area (Å²) in [5.74, 6) is -1.27. The summed E-state index contributed by atoms with van der Waals surface area (Å²) in [5.41, 5.74) is 0.324. The normalized spacial score (nSPS) is 18.9. The van der Waals surface area contributed by atoms with Crippen molar-refractivity contribution in [3.8, 4) is 0 Å². The lowest BCUT2D eigenvalue weighted by Crippen LogP contribution is -2.41. The summed E-state index contributed by atoms with van der Waals surface area (Å²) in [6.45, 7) is 0.998. The molecule has 1 fully saturated rings. The first kappa shape index (κ1) is 13.0. The van der Waals surface area contributed by atoms with Gasteiger partial charge in [-0.3, -0.25) is 4.79 Å². The molecule has 1 atom stereocenters. The molecular weight excluding hydrogens is 238 g/mol. The van der Waals surface area contributed by atoms with Crippen molar-refractivity contribution < 1.29 is 13.6 Å². The minimum atomic E-state index is -0.617. The Morgan fingerprint density at radius 1 is 1.50 bits per heavy atom. The van der Waals surface area contributed by atoms with E-state index in [-0.39, 0.29) is 18.5 Å². The van der Waals surface area contributed by atoms with Gasteiger partial charge >= 0.3 is 0 Å². The van der Waals surface area contributed by atoms with Crippen molar-refractivity contribution in [3.05, 3.63) is 35.4 Å². The smallest absolute Gasteiger partial charge is 0.239 e. The number of nitrogens with zero attached hydrogens (tertiary/aromatic N) is 1. The highest BCUT2D eigenvalue weighted by Crippen LogP contribution is 2.14. The maximum Gasteiger partial charge on any atom is 0.239 e. The molecule has 2 rings (SSSR count). The van der Waals surface area contributed by atoms with Crippen molar-refractivity contribution >= 4 is 5.91 Å². The molecule has 1 aromatic carbocycles. The number of carbonyl (C=O) groups excluding carboxylic acids is 1. The zero-order valence-corrected chi connectivity index (χ0v) is 10.2. The number of nitrogens with one attached hydrogen (secondary N) is 1. The second kappa shape index (κ2) is 5.44.